The van der Waals surface area contributed by atoms with Gasteiger partial charge in [0, 0.05) is 12.6 Å². The van der Waals surface area contributed by atoms with Crippen LogP contribution in [-0.2, 0) is 6.42 Å². The molecule has 0 fully saturated rings. The largest absolute Gasteiger partial charge is 0.364 e. The molecular weight excluding hydrogens is 268 g/mol. The minimum Gasteiger partial charge on any atom is -0.364 e. The standard InChI is InChI=1S/C14H16N6O/c15-9-11(8-10-4-2-1-3-5-10)16-12-6-7-13-17-18-14(21)20(13)19-12/h1-7,11H,8-9,15H2,(H,16,19)(H,18,21). The Labute approximate surface area is 120 Å². The van der Waals surface area contributed by atoms with Crippen LogP contribution in [0.5, 0.6) is 0 Å². The second-order valence-corrected chi connectivity index (χ2v) is 4.78. The van der Waals surface area contributed by atoms with Gasteiger partial charge < -0.3 is 11.1 Å². The van der Waals surface area contributed by atoms with Gasteiger partial charge in [-0.1, -0.05) is 30.3 Å². The van der Waals surface area contributed by atoms with Crippen molar-refractivity contribution >= 4 is 11.5 Å². The van der Waals surface area contributed by atoms with E-state index in [-0.39, 0.29) is 11.7 Å². The molecule has 0 saturated carbocycles. The summed E-state index contributed by atoms with van der Waals surface area (Å²) in [6, 6.07) is 13.6. The number of aromatic amines is 1. The zero-order chi connectivity index (χ0) is 14.7. The minimum absolute atomic E-state index is 0.0416. The van der Waals surface area contributed by atoms with Crippen molar-refractivity contribution in [2.75, 3.05) is 11.9 Å². The van der Waals surface area contributed by atoms with E-state index in [1.54, 1.807) is 12.1 Å². The van der Waals surface area contributed by atoms with E-state index in [0.29, 0.717) is 18.0 Å². The maximum absolute atomic E-state index is 11.5. The van der Waals surface area contributed by atoms with Gasteiger partial charge in [-0.05, 0) is 24.1 Å². The smallest absolute Gasteiger partial charge is 0.364 e. The van der Waals surface area contributed by atoms with Crippen molar-refractivity contribution in [1.29, 1.82) is 0 Å². The molecule has 0 radical (unpaired) electrons. The van der Waals surface area contributed by atoms with Crippen molar-refractivity contribution in [3.63, 3.8) is 0 Å². The maximum Gasteiger partial charge on any atom is 0.364 e. The fourth-order valence-electron chi connectivity index (χ4n) is 2.18. The first-order valence-electron chi connectivity index (χ1n) is 6.71. The van der Waals surface area contributed by atoms with Crippen LogP contribution in [0.25, 0.3) is 5.65 Å². The molecule has 3 aromatic rings. The zero-order valence-corrected chi connectivity index (χ0v) is 11.4. The number of fused-ring (bicyclic) bond motifs is 1. The van der Waals surface area contributed by atoms with Gasteiger partial charge in [-0.15, -0.1) is 5.10 Å². The van der Waals surface area contributed by atoms with Crippen LogP contribution in [0.2, 0.25) is 0 Å². The van der Waals surface area contributed by atoms with Crippen LogP contribution in [-0.4, -0.2) is 32.4 Å². The zero-order valence-electron chi connectivity index (χ0n) is 11.4. The molecule has 0 aliphatic rings. The molecule has 2 heterocycles. The molecule has 1 unspecified atom stereocenters. The predicted octanol–water partition coefficient (Wildman–Crippen LogP) is 0.399. The highest BCUT2D eigenvalue weighted by molar-refractivity contribution is 5.43. The van der Waals surface area contributed by atoms with E-state index in [2.05, 4.69) is 32.7 Å². The summed E-state index contributed by atoms with van der Waals surface area (Å²) in [7, 11) is 0. The van der Waals surface area contributed by atoms with E-state index in [1.807, 2.05) is 18.2 Å². The molecule has 1 aromatic carbocycles. The number of aromatic nitrogens is 4. The highest BCUT2D eigenvalue weighted by Gasteiger charge is 2.10. The van der Waals surface area contributed by atoms with E-state index in [0.717, 1.165) is 6.42 Å². The molecule has 0 aliphatic carbocycles. The van der Waals surface area contributed by atoms with Crippen molar-refractivity contribution in [3.05, 3.63) is 58.5 Å². The van der Waals surface area contributed by atoms with Crippen LogP contribution < -0.4 is 16.7 Å². The fourth-order valence-corrected chi connectivity index (χ4v) is 2.18. The molecule has 7 heteroatoms. The van der Waals surface area contributed by atoms with Crippen molar-refractivity contribution in [2.24, 2.45) is 5.73 Å². The number of H-pyrrole nitrogens is 1. The van der Waals surface area contributed by atoms with E-state index < -0.39 is 0 Å². The Morgan fingerprint density at radius 1 is 1.24 bits per heavy atom. The van der Waals surface area contributed by atoms with Gasteiger partial charge in [-0.3, -0.25) is 0 Å². The van der Waals surface area contributed by atoms with Gasteiger partial charge >= 0.3 is 5.69 Å². The summed E-state index contributed by atoms with van der Waals surface area (Å²) in [4.78, 5) is 11.5. The SMILES string of the molecule is NCC(Cc1ccccc1)Nc1ccc2n[nH]c(=O)n2n1. The first-order valence-corrected chi connectivity index (χ1v) is 6.71. The van der Waals surface area contributed by atoms with E-state index in [9.17, 15) is 4.79 Å². The lowest BCUT2D eigenvalue weighted by atomic mass is 10.1. The molecule has 0 spiro atoms. The molecule has 3 rings (SSSR count). The fraction of sp³-hybridized carbons (Fsp3) is 0.214. The third-order valence-corrected chi connectivity index (χ3v) is 3.23. The number of nitrogens with one attached hydrogen (secondary N) is 2. The number of nitrogens with two attached hydrogens (primary N) is 1. The monoisotopic (exact) mass is 284 g/mol. The van der Waals surface area contributed by atoms with Crippen LogP contribution in [0, 0.1) is 0 Å². The molecule has 7 nitrogen and oxygen atoms in total. The lowest BCUT2D eigenvalue weighted by Gasteiger charge is -2.17. The van der Waals surface area contributed by atoms with Crippen molar-refractivity contribution in [1.82, 2.24) is 19.8 Å². The van der Waals surface area contributed by atoms with Gasteiger partial charge in [0.25, 0.3) is 0 Å². The van der Waals surface area contributed by atoms with Gasteiger partial charge in [0.05, 0.1) is 0 Å². The number of hydrogen-bond acceptors (Lipinski definition) is 5. The van der Waals surface area contributed by atoms with Crippen LogP contribution in [0.3, 0.4) is 0 Å². The average molecular weight is 284 g/mol. The Morgan fingerprint density at radius 2 is 2.05 bits per heavy atom. The second-order valence-electron chi connectivity index (χ2n) is 4.78. The quantitative estimate of drug-likeness (QED) is 0.629. The van der Waals surface area contributed by atoms with Gasteiger partial charge in [0.15, 0.2) is 5.65 Å². The summed E-state index contributed by atoms with van der Waals surface area (Å²) in [6.07, 6.45) is 0.789. The second kappa shape index (κ2) is 5.76. The molecule has 0 bridgehead atoms. The molecule has 1 atom stereocenters. The number of nitrogens with zero attached hydrogens (tertiary/aromatic N) is 3. The third-order valence-electron chi connectivity index (χ3n) is 3.23. The molecule has 0 aliphatic heterocycles. The maximum atomic E-state index is 11.5. The topological polar surface area (TPSA) is 101 Å². The number of anilines is 1. The highest BCUT2D eigenvalue weighted by Crippen LogP contribution is 2.09. The van der Waals surface area contributed by atoms with Crippen molar-refractivity contribution < 1.29 is 0 Å². The molecule has 0 saturated heterocycles. The van der Waals surface area contributed by atoms with Crippen LogP contribution in [0.4, 0.5) is 5.82 Å². The average Bonchev–Trinajstić information content (AvgIpc) is 2.89. The predicted molar refractivity (Wildman–Crippen MR) is 80.2 cm³/mol. The van der Waals surface area contributed by atoms with E-state index >= 15 is 0 Å². The highest BCUT2D eigenvalue weighted by atomic mass is 16.2. The Balaban J connectivity index is 1.78. The third kappa shape index (κ3) is 2.92. The normalized spacial score (nSPS) is 12.4. The summed E-state index contributed by atoms with van der Waals surface area (Å²) >= 11 is 0. The molecular formula is C14H16N6O. The molecule has 21 heavy (non-hydrogen) atoms. The molecule has 108 valence electrons. The molecule has 0 amide bonds. The summed E-state index contributed by atoms with van der Waals surface area (Å²) in [5.41, 5.74) is 7.13. The Bertz CT molecular complexity index is 779. The van der Waals surface area contributed by atoms with Crippen molar-refractivity contribution in [3.8, 4) is 0 Å². The van der Waals surface area contributed by atoms with E-state index in [1.165, 1.54) is 10.1 Å². The Kier molecular flexibility index (Phi) is 3.65. The first kappa shape index (κ1) is 13.3. The van der Waals surface area contributed by atoms with Gasteiger partial charge in [0.2, 0.25) is 0 Å². The number of rotatable bonds is 5. The van der Waals surface area contributed by atoms with Crippen LogP contribution in [0.1, 0.15) is 5.56 Å². The van der Waals surface area contributed by atoms with Crippen LogP contribution in [0.15, 0.2) is 47.3 Å². The summed E-state index contributed by atoms with van der Waals surface area (Å²) in [5.74, 6) is 0.595. The van der Waals surface area contributed by atoms with Crippen LogP contribution >= 0.6 is 0 Å². The Morgan fingerprint density at radius 3 is 2.81 bits per heavy atom. The molecule has 2 aromatic heterocycles. The first-order chi connectivity index (χ1) is 10.3. The minimum atomic E-state index is -0.360. The summed E-state index contributed by atoms with van der Waals surface area (Å²) in [6.45, 7) is 0.467. The number of hydrogen-bond donors (Lipinski definition) is 3. The molecule has 4 N–H and O–H groups in total. The lowest BCUT2D eigenvalue weighted by Crippen LogP contribution is -2.31. The van der Waals surface area contributed by atoms with Gasteiger partial charge in [-0.25, -0.2) is 9.89 Å². The van der Waals surface area contributed by atoms with E-state index in [4.69, 9.17) is 5.73 Å². The lowest BCUT2D eigenvalue weighted by molar-refractivity contribution is 0.713. The van der Waals surface area contributed by atoms with Crippen molar-refractivity contribution in [2.45, 2.75) is 12.5 Å². The Hall–Kier alpha value is -2.67. The van der Waals surface area contributed by atoms with Gasteiger partial charge in [0.1, 0.15) is 5.82 Å². The summed E-state index contributed by atoms with van der Waals surface area (Å²) in [5, 5.41) is 13.6. The summed E-state index contributed by atoms with van der Waals surface area (Å²) < 4.78 is 1.22. The van der Waals surface area contributed by atoms with Gasteiger partial charge in [-0.2, -0.15) is 9.61 Å². The number of benzene rings is 1.